The Morgan fingerprint density at radius 1 is 1.32 bits per heavy atom. The number of hydrogen-bond acceptors (Lipinski definition) is 2. The Hall–Kier alpha value is -1.62. The smallest absolute Gasteiger partial charge is 0.407 e. The van der Waals surface area contributed by atoms with Crippen LogP contribution >= 0.6 is 0 Å². The van der Waals surface area contributed by atoms with Crippen molar-refractivity contribution in [3.8, 4) is 0 Å². The van der Waals surface area contributed by atoms with E-state index in [0.717, 1.165) is 5.56 Å². The highest BCUT2D eigenvalue weighted by Gasteiger charge is 2.23. The van der Waals surface area contributed by atoms with Crippen molar-refractivity contribution in [2.45, 2.75) is 19.4 Å². The summed E-state index contributed by atoms with van der Waals surface area (Å²) in [6.07, 6.45) is -0.207. The van der Waals surface area contributed by atoms with Gasteiger partial charge in [0.05, 0.1) is 0 Å². The minimum Gasteiger partial charge on any atom is -0.465 e. The third kappa shape index (κ3) is 3.44. The normalized spacial score (nSPS) is 18.3. The highest BCUT2D eigenvalue weighted by atomic mass is 19.1. The molecular formula is C14H19FN2O2. The fourth-order valence-corrected chi connectivity index (χ4v) is 2.47. The number of piperazine rings is 1. The molecule has 2 rings (SSSR count). The molecule has 0 aromatic heterocycles. The van der Waals surface area contributed by atoms with Crippen LogP contribution in [0.2, 0.25) is 0 Å². The Labute approximate surface area is 112 Å². The standard InChI is InChI=1S/C14H19FN2O2/c1-11(10-12-4-2-3-5-13(12)15)16-6-8-17(9-7-16)14(18)19/h2-5,11H,6-10H2,1H3,(H,18,19). The fraction of sp³-hybridized carbons (Fsp3) is 0.500. The van der Waals surface area contributed by atoms with Crippen molar-refractivity contribution in [3.63, 3.8) is 0 Å². The van der Waals surface area contributed by atoms with E-state index in [4.69, 9.17) is 5.11 Å². The highest BCUT2D eigenvalue weighted by molar-refractivity contribution is 5.65. The monoisotopic (exact) mass is 266 g/mol. The van der Waals surface area contributed by atoms with E-state index in [1.807, 2.05) is 6.07 Å². The molecule has 1 N–H and O–H groups in total. The van der Waals surface area contributed by atoms with Crippen LogP contribution < -0.4 is 0 Å². The predicted molar refractivity (Wildman–Crippen MR) is 70.7 cm³/mol. The number of hydrogen-bond donors (Lipinski definition) is 1. The van der Waals surface area contributed by atoms with Crippen molar-refractivity contribution >= 4 is 6.09 Å². The van der Waals surface area contributed by atoms with Crippen LogP contribution in [0.25, 0.3) is 0 Å². The summed E-state index contributed by atoms with van der Waals surface area (Å²) < 4.78 is 13.6. The van der Waals surface area contributed by atoms with Gasteiger partial charge in [0.1, 0.15) is 5.82 Å². The molecule has 4 nitrogen and oxygen atoms in total. The molecule has 0 saturated carbocycles. The molecular weight excluding hydrogens is 247 g/mol. The molecule has 0 aliphatic carbocycles. The third-order valence-corrected chi connectivity index (χ3v) is 3.68. The van der Waals surface area contributed by atoms with Crippen LogP contribution in [0.15, 0.2) is 24.3 Å². The van der Waals surface area contributed by atoms with Gasteiger partial charge in [-0.3, -0.25) is 4.90 Å². The second-order valence-corrected chi connectivity index (χ2v) is 4.95. The maximum Gasteiger partial charge on any atom is 0.407 e. The molecule has 1 amide bonds. The van der Waals surface area contributed by atoms with E-state index in [2.05, 4.69) is 11.8 Å². The number of benzene rings is 1. The van der Waals surface area contributed by atoms with E-state index in [0.29, 0.717) is 32.6 Å². The topological polar surface area (TPSA) is 43.8 Å². The fourth-order valence-electron chi connectivity index (χ4n) is 2.47. The minimum absolute atomic E-state index is 0.168. The van der Waals surface area contributed by atoms with Gasteiger partial charge >= 0.3 is 6.09 Å². The predicted octanol–water partition coefficient (Wildman–Crippen LogP) is 2.05. The molecule has 0 radical (unpaired) electrons. The highest BCUT2D eigenvalue weighted by Crippen LogP contribution is 2.14. The zero-order chi connectivity index (χ0) is 13.8. The lowest BCUT2D eigenvalue weighted by Crippen LogP contribution is -2.51. The zero-order valence-electron chi connectivity index (χ0n) is 11.1. The zero-order valence-corrected chi connectivity index (χ0v) is 11.1. The van der Waals surface area contributed by atoms with E-state index in [9.17, 15) is 9.18 Å². The van der Waals surface area contributed by atoms with Gasteiger partial charge in [-0.1, -0.05) is 18.2 Å². The average Bonchev–Trinajstić information content (AvgIpc) is 2.41. The first kappa shape index (κ1) is 13.8. The first-order valence-corrected chi connectivity index (χ1v) is 6.53. The van der Waals surface area contributed by atoms with Crippen molar-refractivity contribution in [1.82, 2.24) is 9.80 Å². The van der Waals surface area contributed by atoms with E-state index < -0.39 is 6.09 Å². The Bertz CT molecular complexity index is 445. The van der Waals surface area contributed by atoms with Gasteiger partial charge < -0.3 is 10.0 Å². The number of nitrogens with zero attached hydrogens (tertiary/aromatic N) is 2. The molecule has 1 aromatic rings. The quantitative estimate of drug-likeness (QED) is 0.910. The lowest BCUT2D eigenvalue weighted by atomic mass is 10.0. The summed E-state index contributed by atoms with van der Waals surface area (Å²) in [5.74, 6) is -0.168. The molecule has 1 heterocycles. The summed E-state index contributed by atoms with van der Waals surface area (Å²) in [6, 6.07) is 7.03. The summed E-state index contributed by atoms with van der Waals surface area (Å²) in [5.41, 5.74) is 0.718. The molecule has 1 atom stereocenters. The maximum absolute atomic E-state index is 13.6. The van der Waals surface area contributed by atoms with Crippen LogP contribution in [0.5, 0.6) is 0 Å². The number of rotatable bonds is 3. The van der Waals surface area contributed by atoms with Crippen molar-refractivity contribution in [1.29, 1.82) is 0 Å². The van der Waals surface area contributed by atoms with Crippen LogP contribution in [-0.2, 0) is 6.42 Å². The van der Waals surface area contributed by atoms with Crippen LogP contribution in [-0.4, -0.2) is 53.2 Å². The Morgan fingerprint density at radius 2 is 1.95 bits per heavy atom. The molecule has 0 spiro atoms. The average molecular weight is 266 g/mol. The first-order chi connectivity index (χ1) is 9.08. The van der Waals surface area contributed by atoms with Crippen LogP contribution in [0.4, 0.5) is 9.18 Å². The number of carboxylic acid groups (broad SMARTS) is 1. The summed E-state index contributed by atoms with van der Waals surface area (Å²) in [6.45, 7) is 4.53. The lowest BCUT2D eigenvalue weighted by Gasteiger charge is -2.37. The first-order valence-electron chi connectivity index (χ1n) is 6.53. The SMILES string of the molecule is CC(Cc1ccccc1F)N1CCN(C(=O)O)CC1. The van der Waals surface area contributed by atoms with Gasteiger partial charge in [0, 0.05) is 32.2 Å². The number of amides is 1. The van der Waals surface area contributed by atoms with Crippen LogP contribution in [0, 0.1) is 5.82 Å². The van der Waals surface area contributed by atoms with Crippen LogP contribution in [0.3, 0.4) is 0 Å². The summed E-state index contributed by atoms with van der Waals surface area (Å²) in [4.78, 5) is 14.5. The van der Waals surface area contributed by atoms with E-state index in [1.54, 1.807) is 12.1 Å². The number of carbonyl (C=O) groups is 1. The third-order valence-electron chi connectivity index (χ3n) is 3.68. The molecule has 5 heteroatoms. The van der Waals surface area contributed by atoms with Gasteiger partial charge in [-0.25, -0.2) is 9.18 Å². The van der Waals surface area contributed by atoms with Gasteiger partial charge in [-0.2, -0.15) is 0 Å². The van der Waals surface area contributed by atoms with Crippen molar-refractivity contribution in [2.24, 2.45) is 0 Å². The lowest BCUT2D eigenvalue weighted by molar-refractivity contribution is 0.0887. The molecule has 1 aromatic carbocycles. The summed E-state index contributed by atoms with van der Waals surface area (Å²) >= 11 is 0. The molecule has 1 fully saturated rings. The Morgan fingerprint density at radius 3 is 2.53 bits per heavy atom. The summed E-state index contributed by atoms with van der Waals surface area (Å²) in [7, 11) is 0. The van der Waals surface area contributed by atoms with Gasteiger partial charge in [0.25, 0.3) is 0 Å². The molecule has 1 unspecified atom stereocenters. The van der Waals surface area contributed by atoms with Crippen LogP contribution in [0.1, 0.15) is 12.5 Å². The minimum atomic E-state index is -0.860. The molecule has 1 aliphatic heterocycles. The van der Waals surface area contributed by atoms with Crippen molar-refractivity contribution < 1.29 is 14.3 Å². The molecule has 104 valence electrons. The number of halogens is 1. The van der Waals surface area contributed by atoms with Gasteiger partial charge in [0.15, 0.2) is 0 Å². The maximum atomic E-state index is 13.6. The van der Waals surface area contributed by atoms with E-state index >= 15 is 0 Å². The van der Waals surface area contributed by atoms with E-state index in [-0.39, 0.29) is 11.9 Å². The van der Waals surface area contributed by atoms with Gasteiger partial charge in [-0.15, -0.1) is 0 Å². The summed E-state index contributed by atoms with van der Waals surface area (Å²) in [5, 5.41) is 8.89. The Kier molecular flexibility index (Phi) is 4.37. The largest absolute Gasteiger partial charge is 0.465 e. The van der Waals surface area contributed by atoms with E-state index in [1.165, 1.54) is 11.0 Å². The van der Waals surface area contributed by atoms with Gasteiger partial charge in [0.2, 0.25) is 0 Å². The van der Waals surface area contributed by atoms with Crippen molar-refractivity contribution in [2.75, 3.05) is 26.2 Å². The molecule has 1 aliphatic rings. The molecule has 0 bridgehead atoms. The Balaban J connectivity index is 1.90. The molecule has 1 saturated heterocycles. The van der Waals surface area contributed by atoms with Gasteiger partial charge in [-0.05, 0) is 25.0 Å². The van der Waals surface area contributed by atoms with Crippen molar-refractivity contribution in [3.05, 3.63) is 35.6 Å². The second-order valence-electron chi connectivity index (χ2n) is 4.95. The molecule has 19 heavy (non-hydrogen) atoms. The second kappa shape index (κ2) is 6.02.